The SMILES string of the molecule is CCN(CCN(C)C(=O)CNc1ccc2[nH]c(=O)n(C)c2c1)c1ccc(Cl)c(C)c1. The quantitative estimate of drug-likeness (QED) is 0.576. The number of fused-ring (bicyclic) bond motifs is 1. The second-order valence-corrected chi connectivity index (χ2v) is 7.81. The minimum atomic E-state index is -0.158. The van der Waals surface area contributed by atoms with E-state index in [-0.39, 0.29) is 18.1 Å². The van der Waals surface area contributed by atoms with Gasteiger partial charge in [0.2, 0.25) is 5.91 Å². The van der Waals surface area contributed by atoms with Gasteiger partial charge in [-0.05, 0) is 55.8 Å². The number of aryl methyl sites for hydroxylation is 2. The zero-order chi connectivity index (χ0) is 21.8. The molecule has 0 saturated heterocycles. The molecule has 0 saturated carbocycles. The van der Waals surface area contributed by atoms with E-state index in [1.807, 2.05) is 44.3 Å². The number of aromatic amines is 1. The van der Waals surface area contributed by atoms with Gasteiger partial charge in [-0.15, -0.1) is 0 Å². The van der Waals surface area contributed by atoms with Crippen LogP contribution in [0.4, 0.5) is 11.4 Å². The number of hydrogen-bond donors (Lipinski definition) is 2. The van der Waals surface area contributed by atoms with Crippen molar-refractivity contribution in [1.82, 2.24) is 14.5 Å². The second kappa shape index (κ2) is 9.26. The van der Waals surface area contributed by atoms with E-state index in [9.17, 15) is 9.59 Å². The third-order valence-electron chi connectivity index (χ3n) is 5.37. The molecule has 3 aromatic rings. The fourth-order valence-electron chi connectivity index (χ4n) is 3.34. The van der Waals surface area contributed by atoms with Gasteiger partial charge in [0, 0.05) is 50.1 Å². The average Bonchev–Trinajstić information content (AvgIpc) is 3.02. The lowest BCUT2D eigenvalue weighted by molar-refractivity contribution is -0.127. The van der Waals surface area contributed by atoms with Crippen molar-refractivity contribution in [3.8, 4) is 0 Å². The summed E-state index contributed by atoms with van der Waals surface area (Å²) in [7, 11) is 3.52. The van der Waals surface area contributed by atoms with Gasteiger partial charge in [0.15, 0.2) is 0 Å². The highest BCUT2D eigenvalue weighted by atomic mass is 35.5. The van der Waals surface area contributed by atoms with E-state index in [1.165, 1.54) is 0 Å². The van der Waals surface area contributed by atoms with Gasteiger partial charge in [0.25, 0.3) is 0 Å². The Morgan fingerprint density at radius 2 is 1.97 bits per heavy atom. The van der Waals surface area contributed by atoms with Gasteiger partial charge in [-0.3, -0.25) is 9.36 Å². The van der Waals surface area contributed by atoms with Crippen LogP contribution in [-0.2, 0) is 11.8 Å². The van der Waals surface area contributed by atoms with Gasteiger partial charge in [0.05, 0.1) is 17.6 Å². The minimum Gasteiger partial charge on any atom is -0.376 e. The van der Waals surface area contributed by atoms with E-state index in [2.05, 4.69) is 28.2 Å². The van der Waals surface area contributed by atoms with Gasteiger partial charge >= 0.3 is 5.69 Å². The van der Waals surface area contributed by atoms with Crippen LogP contribution in [0.2, 0.25) is 5.02 Å². The molecule has 0 radical (unpaired) electrons. The molecule has 160 valence electrons. The smallest absolute Gasteiger partial charge is 0.326 e. The number of halogens is 1. The van der Waals surface area contributed by atoms with Crippen LogP contribution in [0.15, 0.2) is 41.2 Å². The summed E-state index contributed by atoms with van der Waals surface area (Å²) < 4.78 is 1.55. The Morgan fingerprint density at radius 3 is 2.67 bits per heavy atom. The largest absolute Gasteiger partial charge is 0.376 e. The summed E-state index contributed by atoms with van der Waals surface area (Å²) in [5.41, 5.74) is 4.35. The Hall–Kier alpha value is -2.93. The molecule has 0 atom stereocenters. The molecule has 1 aromatic heterocycles. The number of carbonyl (C=O) groups excluding carboxylic acids is 1. The van der Waals surface area contributed by atoms with Gasteiger partial charge < -0.3 is 20.1 Å². The Kier molecular flexibility index (Phi) is 6.72. The van der Waals surface area contributed by atoms with Crippen molar-refractivity contribution in [2.24, 2.45) is 7.05 Å². The van der Waals surface area contributed by atoms with Crippen LogP contribution >= 0.6 is 11.6 Å². The number of likely N-dealkylation sites (N-methyl/N-ethyl adjacent to an activating group) is 2. The van der Waals surface area contributed by atoms with E-state index in [1.54, 1.807) is 16.5 Å². The molecular formula is C22H28ClN5O2. The van der Waals surface area contributed by atoms with Crippen LogP contribution in [0, 0.1) is 6.92 Å². The minimum absolute atomic E-state index is 0.00129. The van der Waals surface area contributed by atoms with Crippen LogP contribution in [0.3, 0.4) is 0 Å². The number of aromatic nitrogens is 2. The summed E-state index contributed by atoms with van der Waals surface area (Å²) in [4.78, 5) is 31.0. The average molecular weight is 430 g/mol. The topological polar surface area (TPSA) is 73.4 Å². The van der Waals surface area contributed by atoms with Gasteiger partial charge in [-0.1, -0.05) is 11.6 Å². The molecule has 1 heterocycles. The number of imidazole rings is 1. The highest BCUT2D eigenvalue weighted by Crippen LogP contribution is 2.22. The van der Waals surface area contributed by atoms with E-state index in [0.29, 0.717) is 6.54 Å². The fraction of sp³-hybridized carbons (Fsp3) is 0.364. The van der Waals surface area contributed by atoms with Gasteiger partial charge in [-0.2, -0.15) is 0 Å². The summed E-state index contributed by atoms with van der Waals surface area (Å²) >= 11 is 6.13. The number of nitrogens with zero attached hydrogens (tertiary/aromatic N) is 3. The van der Waals surface area contributed by atoms with E-state index in [0.717, 1.165) is 46.1 Å². The van der Waals surface area contributed by atoms with Crippen LogP contribution in [0.5, 0.6) is 0 Å². The lowest BCUT2D eigenvalue weighted by atomic mass is 10.2. The summed E-state index contributed by atoms with van der Waals surface area (Å²) in [6, 6.07) is 11.5. The van der Waals surface area contributed by atoms with Crippen molar-refractivity contribution in [3.63, 3.8) is 0 Å². The molecule has 0 fully saturated rings. The Balaban J connectivity index is 1.55. The Morgan fingerprint density at radius 1 is 1.20 bits per heavy atom. The molecule has 0 aliphatic heterocycles. The maximum atomic E-state index is 12.6. The molecule has 0 aliphatic rings. The Bertz CT molecular complexity index is 1100. The van der Waals surface area contributed by atoms with E-state index < -0.39 is 0 Å². The number of nitrogens with one attached hydrogen (secondary N) is 2. The maximum Gasteiger partial charge on any atom is 0.326 e. The number of rotatable bonds is 8. The molecule has 8 heteroatoms. The summed E-state index contributed by atoms with van der Waals surface area (Å²) in [6.07, 6.45) is 0. The van der Waals surface area contributed by atoms with Crippen LogP contribution in [0.25, 0.3) is 11.0 Å². The van der Waals surface area contributed by atoms with Crippen molar-refractivity contribution in [2.75, 3.05) is 43.4 Å². The molecule has 30 heavy (non-hydrogen) atoms. The molecule has 2 aromatic carbocycles. The molecule has 3 rings (SSSR count). The molecular weight excluding hydrogens is 402 g/mol. The number of benzene rings is 2. The monoisotopic (exact) mass is 429 g/mol. The van der Waals surface area contributed by atoms with Crippen LogP contribution in [0.1, 0.15) is 12.5 Å². The van der Waals surface area contributed by atoms with Gasteiger partial charge in [0.1, 0.15) is 0 Å². The van der Waals surface area contributed by atoms with Crippen LogP contribution < -0.4 is 15.9 Å². The maximum absolute atomic E-state index is 12.6. The van der Waals surface area contributed by atoms with Crippen molar-refractivity contribution in [2.45, 2.75) is 13.8 Å². The van der Waals surface area contributed by atoms with Crippen molar-refractivity contribution < 1.29 is 4.79 Å². The Labute approximate surface area is 181 Å². The predicted molar refractivity (Wildman–Crippen MR) is 124 cm³/mol. The first-order valence-corrected chi connectivity index (χ1v) is 10.4. The first-order valence-electron chi connectivity index (χ1n) is 9.98. The van der Waals surface area contributed by atoms with E-state index in [4.69, 9.17) is 11.6 Å². The predicted octanol–water partition coefficient (Wildman–Crippen LogP) is 3.23. The van der Waals surface area contributed by atoms with E-state index >= 15 is 0 Å². The standard InChI is InChI=1S/C22H28ClN5O2/c1-5-28(17-7-8-18(23)15(2)12-17)11-10-26(3)21(29)14-24-16-6-9-19-20(13-16)27(4)22(30)25-19/h6-9,12-13,24H,5,10-11,14H2,1-4H3,(H,25,30). The summed E-state index contributed by atoms with van der Waals surface area (Å²) in [5, 5.41) is 3.91. The first kappa shape index (κ1) is 21.8. The molecule has 0 unspecified atom stereocenters. The molecule has 7 nitrogen and oxygen atoms in total. The third-order valence-corrected chi connectivity index (χ3v) is 5.79. The van der Waals surface area contributed by atoms with Gasteiger partial charge in [-0.25, -0.2) is 4.79 Å². The second-order valence-electron chi connectivity index (χ2n) is 7.40. The lowest BCUT2D eigenvalue weighted by Gasteiger charge is -2.27. The molecule has 0 aliphatic carbocycles. The zero-order valence-corrected chi connectivity index (χ0v) is 18.6. The fourth-order valence-corrected chi connectivity index (χ4v) is 3.45. The van der Waals surface area contributed by atoms with Crippen molar-refractivity contribution in [1.29, 1.82) is 0 Å². The first-order chi connectivity index (χ1) is 14.3. The highest BCUT2D eigenvalue weighted by molar-refractivity contribution is 6.31. The van der Waals surface area contributed by atoms with Crippen LogP contribution in [-0.4, -0.2) is 53.6 Å². The number of anilines is 2. The van der Waals surface area contributed by atoms with Crippen molar-refractivity contribution >= 4 is 39.9 Å². The number of amides is 1. The molecule has 0 spiro atoms. The summed E-state index contributed by atoms with van der Waals surface area (Å²) in [6.45, 7) is 6.46. The molecule has 0 bridgehead atoms. The van der Waals surface area contributed by atoms with Crippen molar-refractivity contribution in [3.05, 3.63) is 57.5 Å². The number of hydrogen-bond acceptors (Lipinski definition) is 4. The summed E-state index contributed by atoms with van der Waals surface area (Å²) in [5.74, 6) is 0.00129. The zero-order valence-electron chi connectivity index (χ0n) is 17.8. The highest BCUT2D eigenvalue weighted by Gasteiger charge is 2.12. The number of H-pyrrole nitrogens is 1. The normalized spacial score (nSPS) is 11.0. The molecule has 2 N–H and O–H groups in total. The molecule has 1 amide bonds. The third kappa shape index (κ3) is 4.79. The number of carbonyl (C=O) groups is 1. The lowest BCUT2D eigenvalue weighted by Crippen LogP contribution is -2.38.